The van der Waals surface area contributed by atoms with Crippen LogP contribution in [0.1, 0.15) is 0 Å². The van der Waals surface area contributed by atoms with Gasteiger partial charge in [-0.2, -0.15) is 15.0 Å². The van der Waals surface area contributed by atoms with Crippen LogP contribution in [-0.2, 0) is 4.79 Å². The summed E-state index contributed by atoms with van der Waals surface area (Å²) in [6.07, 6.45) is 0. The number of aromatic nitrogens is 3. The molecule has 1 aromatic rings. The van der Waals surface area contributed by atoms with Crippen molar-refractivity contribution in [3.05, 3.63) is 5.28 Å². The van der Waals surface area contributed by atoms with Crippen LogP contribution < -0.4 is 5.73 Å². The van der Waals surface area contributed by atoms with Crippen molar-refractivity contribution in [2.24, 2.45) is 0 Å². The van der Waals surface area contributed by atoms with Gasteiger partial charge >= 0.3 is 5.97 Å². The molecule has 0 unspecified atom stereocenters. The Balaban J connectivity index is 2.71. The van der Waals surface area contributed by atoms with E-state index in [0.717, 1.165) is 11.8 Å². The zero-order chi connectivity index (χ0) is 9.84. The Morgan fingerprint density at radius 1 is 1.54 bits per heavy atom. The van der Waals surface area contributed by atoms with E-state index in [1.54, 1.807) is 0 Å². The van der Waals surface area contributed by atoms with E-state index in [1.165, 1.54) is 0 Å². The van der Waals surface area contributed by atoms with Gasteiger partial charge in [0, 0.05) is 0 Å². The third-order valence-electron chi connectivity index (χ3n) is 0.930. The van der Waals surface area contributed by atoms with Crippen LogP contribution in [0.3, 0.4) is 0 Å². The molecule has 0 saturated carbocycles. The minimum absolute atomic E-state index is 0.0205. The molecule has 0 bridgehead atoms. The van der Waals surface area contributed by atoms with Crippen LogP contribution in [0.25, 0.3) is 0 Å². The van der Waals surface area contributed by atoms with Crippen LogP contribution in [-0.4, -0.2) is 31.8 Å². The summed E-state index contributed by atoms with van der Waals surface area (Å²) in [4.78, 5) is 21.1. The lowest BCUT2D eigenvalue weighted by Crippen LogP contribution is -2.02. The Morgan fingerprint density at radius 2 is 2.23 bits per heavy atom. The molecule has 0 atom stereocenters. The second-order valence-electron chi connectivity index (χ2n) is 1.93. The minimum atomic E-state index is -0.958. The molecule has 70 valence electrons. The van der Waals surface area contributed by atoms with Gasteiger partial charge in [-0.3, -0.25) is 4.79 Å². The lowest BCUT2D eigenvalue weighted by Gasteiger charge is -1.97. The molecule has 0 aliphatic rings. The van der Waals surface area contributed by atoms with E-state index in [9.17, 15) is 4.79 Å². The Morgan fingerprint density at radius 3 is 2.77 bits per heavy atom. The summed E-state index contributed by atoms with van der Waals surface area (Å²) in [5, 5.41) is 8.52. The van der Waals surface area contributed by atoms with Gasteiger partial charge in [0.15, 0.2) is 5.16 Å². The Kier molecular flexibility index (Phi) is 3.26. The second kappa shape index (κ2) is 4.24. The fourth-order valence-electron chi connectivity index (χ4n) is 0.537. The topological polar surface area (TPSA) is 102 Å². The van der Waals surface area contributed by atoms with E-state index >= 15 is 0 Å². The summed E-state index contributed by atoms with van der Waals surface area (Å²) in [5.74, 6) is -1.12. The molecule has 8 heteroatoms. The largest absolute Gasteiger partial charge is 0.481 e. The molecule has 0 radical (unpaired) electrons. The van der Waals surface area contributed by atoms with Gasteiger partial charge in [-0.15, -0.1) is 0 Å². The van der Waals surface area contributed by atoms with Gasteiger partial charge in [0.1, 0.15) is 0 Å². The van der Waals surface area contributed by atoms with Gasteiger partial charge in [0.2, 0.25) is 11.2 Å². The first kappa shape index (κ1) is 10.0. The number of carbonyl (C=O) groups is 1. The summed E-state index contributed by atoms with van der Waals surface area (Å²) < 4.78 is 0. The van der Waals surface area contributed by atoms with Crippen molar-refractivity contribution < 1.29 is 9.90 Å². The summed E-state index contributed by atoms with van der Waals surface area (Å²) in [7, 11) is 0. The highest BCUT2D eigenvalue weighted by Crippen LogP contribution is 2.14. The molecule has 1 rings (SSSR count). The molecule has 3 N–H and O–H groups in total. The van der Waals surface area contributed by atoms with Crippen LogP contribution >= 0.6 is 23.4 Å². The molecule has 0 aliphatic heterocycles. The third-order valence-corrected chi connectivity index (χ3v) is 1.93. The lowest BCUT2D eigenvalue weighted by atomic mass is 10.8. The normalized spacial score (nSPS) is 9.92. The minimum Gasteiger partial charge on any atom is -0.481 e. The van der Waals surface area contributed by atoms with E-state index in [-0.39, 0.29) is 22.1 Å². The summed E-state index contributed by atoms with van der Waals surface area (Å²) >= 11 is 6.39. The quantitative estimate of drug-likeness (QED) is 0.706. The van der Waals surface area contributed by atoms with E-state index in [4.69, 9.17) is 22.4 Å². The van der Waals surface area contributed by atoms with Crippen molar-refractivity contribution in [2.75, 3.05) is 11.5 Å². The monoisotopic (exact) mass is 220 g/mol. The van der Waals surface area contributed by atoms with Gasteiger partial charge in [-0.05, 0) is 11.6 Å². The standard InChI is InChI=1S/C5H5ClN4O2S/c6-3-8-4(7)10-5(9-3)13-1-2(11)12/h1H2,(H,11,12)(H2,7,8,9,10). The van der Waals surface area contributed by atoms with E-state index in [1.807, 2.05) is 0 Å². The molecule has 13 heavy (non-hydrogen) atoms. The first-order valence-corrected chi connectivity index (χ1v) is 4.46. The molecular weight excluding hydrogens is 216 g/mol. The summed E-state index contributed by atoms with van der Waals surface area (Å²) in [5.41, 5.74) is 5.26. The molecule has 0 spiro atoms. The van der Waals surface area contributed by atoms with Gasteiger partial charge < -0.3 is 10.8 Å². The molecular formula is C5H5ClN4O2S. The van der Waals surface area contributed by atoms with Gasteiger partial charge in [-0.1, -0.05) is 11.8 Å². The predicted octanol–water partition coefficient (Wildman–Crippen LogP) is 0.284. The second-order valence-corrected chi connectivity index (χ2v) is 3.21. The number of carboxylic acid groups (broad SMARTS) is 1. The fourth-order valence-corrected chi connectivity index (χ4v) is 1.32. The third kappa shape index (κ3) is 3.43. The first-order chi connectivity index (χ1) is 6.08. The molecule has 1 heterocycles. The maximum atomic E-state index is 10.2. The number of nitrogens with two attached hydrogens (primary N) is 1. The van der Waals surface area contributed by atoms with Crippen LogP contribution in [0.2, 0.25) is 5.28 Å². The van der Waals surface area contributed by atoms with Crippen molar-refractivity contribution >= 4 is 35.3 Å². The zero-order valence-electron chi connectivity index (χ0n) is 6.27. The molecule has 0 saturated heterocycles. The first-order valence-electron chi connectivity index (χ1n) is 3.09. The number of thioether (sulfide) groups is 1. The van der Waals surface area contributed by atoms with Crippen LogP contribution in [0.5, 0.6) is 0 Å². The molecule has 0 amide bonds. The average Bonchev–Trinajstić information content (AvgIpc) is 1.99. The smallest absolute Gasteiger partial charge is 0.313 e. The number of hydrogen-bond donors (Lipinski definition) is 2. The van der Waals surface area contributed by atoms with Crippen molar-refractivity contribution in [3.8, 4) is 0 Å². The Hall–Kier alpha value is -1.08. The molecule has 0 aliphatic carbocycles. The highest BCUT2D eigenvalue weighted by molar-refractivity contribution is 7.99. The number of carboxylic acids is 1. The number of hydrogen-bond acceptors (Lipinski definition) is 6. The number of halogens is 1. The lowest BCUT2D eigenvalue weighted by molar-refractivity contribution is -0.133. The highest BCUT2D eigenvalue weighted by atomic mass is 35.5. The zero-order valence-corrected chi connectivity index (χ0v) is 7.84. The summed E-state index contributed by atoms with van der Waals surface area (Å²) in [6.45, 7) is 0. The Labute approximate surface area is 82.5 Å². The van der Waals surface area contributed by atoms with E-state index in [0.29, 0.717) is 0 Å². The molecule has 1 aromatic heterocycles. The number of nitrogens with zero attached hydrogens (tertiary/aromatic N) is 3. The maximum Gasteiger partial charge on any atom is 0.313 e. The van der Waals surface area contributed by atoms with Crippen LogP contribution in [0, 0.1) is 0 Å². The van der Waals surface area contributed by atoms with Crippen molar-refractivity contribution in [2.45, 2.75) is 5.16 Å². The number of anilines is 1. The SMILES string of the molecule is Nc1nc(Cl)nc(SCC(=O)O)n1. The predicted molar refractivity (Wildman–Crippen MR) is 47.6 cm³/mol. The van der Waals surface area contributed by atoms with Gasteiger partial charge in [0.05, 0.1) is 5.75 Å². The van der Waals surface area contributed by atoms with Gasteiger partial charge in [-0.25, -0.2) is 0 Å². The van der Waals surface area contributed by atoms with Crippen molar-refractivity contribution in [1.82, 2.24) is 15.0 Å². The molecule has 0 fully saturated rings. The number of rotatable bonds is 3. The Bertz CT molecular complexity index is 314. The van der Waals surface area contributed by atoms with E-state index < -0.39 is 5.97 Å². The average molecular weight is 221 g/mol. The highest BCUT2D eigenvalue weighted by Gasteiger charge is 2.05. The molecule has 0 aromatic carbocycles. The van der Waals surface area contributed by atoms with Crippen LogP contribution in [0.4, 0.5) is 5.95 Å². The number of aliphatic carboxylic acids is 1. The number of nitrogen functional groups attached to an aromatic ring is 1. The summed E-state index contributed by atoms with van der Waals surface area (Å²) in [6, 6.07) is 0. The van der Waals surface area contributed by atoms with Gasteiger partial charge in [0.25, 0.3) is 0 Å². The van der Waals surface area contributed by atoms with E-state index in [2.05, 4.69) is 15.0 Å². The van der Waals surface area contributed by atoms with Crippen molar-refractivity contribution in [1.29, 1.82) is 0 Å². The molecule has 6 nitrogen and oxygen atoms in total. The fraction of sp³-hybridized carbons (Fsp3) is 0.200. The van der Waals surface area contributed by atoms with Crippen LogP contribution in [0.15, 0.2) is 5.16 Å². The van der Waals surface area contributed by atoms with Crippen molar-refractivity contribution in [3.63, 3.8) is 0 Å². The maximum absolute atomic E-state index is 10.2.